The zero-order valence-electron chi connectivity index (χ0n) is 11.3. The number of ether oxygens (including phenoxy) is 1. The highest BCUT2D eigenvalue weighted by molar-refractivity contribution is 6.30. The second-order valence-corrected chi connectivity index (χ2v) is 4.85. The Balaban J connectivity index is 1.89. The van der Waals surface area contributed by atoms with Crippen molar-refractivity contribution in [2.45, 2.75) is 26.5 Å². The van der Waals surface area contributed by atoms with Gasteiger partial charge in [-0.1, -0.05) is 24.6 Å². The molecule has 0 fully saturated rings. The van der Waals surface area contributed by atoms with Gasteiger partial charge in [-0.05, 0) is 31.2 Å². The van der Waals surface area contributed by atoms with E-state index in [1.165, 1.54) is 12.1 Å². The van der Waals surface area contributed by atoms with Crippen LogP contribution in [0.2, 0.25) is 5.02 Å². The van der Waals surface area contributed by atoms with Crippen LogP contribution in [0, 0.1) is 5.82 Å². The van der Waals surface area contributed by atoms with E-state index in [0.717, 1.165) is 25.1 Å². The van der Waals surface area contributed by atoms with Crippen LogP contribution in [-0.2, 0) is 13.2 Å². The predicted molar refractivity (Wildman–Crippen MR) is 76.4 cm³/mol. The molecule has 108 valence electrons. The molecule has 0 spiro atoms. The van der Waals surface area contributed by atoms with Crippen molar-refractivity contribution in [2.75, 3.05) is 6.54 Å². The lowest BCUT2D eigenvalue weighted by atomic mass is 10.3. The number of rotatable bonds is 7. The zero-order valence-corrected chi connectivity index (χ0v) is 12.0. The van der Waals surface area contributed by atoms with Crippen LogP contribution in [0.25, 0.3) is 0 Å². The van der Waals surface area contributed by atoms with Crippen LogP contribution in [0.3, 0.4) is 0 Å². The van der Waals surface area contributed by atoms with Crippen LogP contribution < -0.4 is 10.1 Å². The average molecular weight is 298 g/mol. The third-order valence-corrected chi connectivity index (χ3v) is 3.04. The molecule has 0 aliphatic heterocycles. The lowest BCUT2D eigenvalue weighted by molar-refractivity contribution is 0.258. The summed E-state index contributed by atoms with van der Waals surface area (Å²) >= 11 is 5.68. The summed E-state index contributed by atoms with van der Waals surface area (Å²) in [5.41, 5.74) is 1.05. The molecular weight excluding hydrogens is 281 g/mol. The molecule has 0 atom stereocenters. The minimum Gasteiger partial charge on any atom is -0.483 e. The predicted octanol–water partition coefficient (Wildman–Crippen LogP) is 4.15. The van der Waals surface area contributed by atoms with Crippen LogP contribution >= 0.6 is 11.6 Å². The van der Waals surface area contributed by atoms with Crippen molar-refractivity contribution >= 4 is 11.6 Å². The Morgan fingerprint density at radius 1 is 1.40 bits per heavy atom. The third kappa shape index (κ3) is 3.99. The van der Waals surface area contributed by atoms with Gasteiger partial charge < -0.3 is 14.5 Å². The summed E-state index contributed by atoms with van der Waals surface area (Å²) in [5.74, 6) is 0.225. The van der Waals surface area contributed by atoms with Gasteiger partial charge in [0.05, 0.1) is 11.3 Å². The van der Waals surface area contributed by atoms with Crippen LogP contribution in [-0.4, -0.2) is 6.54 Å². The molecule has 0 radical (unpaired) electrons. The Hall–Kier alpha value is -1.52. The lowest BCUT2D eigenvalue weighted by Gasteiger charge is -2.05. The highest BCUT2D eigenvalue weighted by Crippen LogP contribution is 2.25. The van der Waals surface area contributed by atoms with E-state index < -0.39 is 5.82 Å². The van der Waals surface area contributed by atoms with Gasteiger partial charge in [0.25, 0.3) is 0 Å². The number of hydrogen-bond acceptors (Lipinski definition) is 3. The first-order valence-corrected chi connectivity index (χ1v) is 6.92. The molecule has 3 nitrogen and oxygen atoms in total. The molecule has 1 N–H and O–H groups in total. The largest absolute Gasteiger partial charge is 0.483 e. The number of benzene rings is 1. The molecule has 1 heterocycles. The molecule has 5 heteroatoms. The van der Waals surface area contributed by atoms with Crippen LogP contribution in [0.4, 0.5) is 4.39 Å². The van der Waals surface area contributed by atoms with Crippen molar-refractivity contribution in [1.82, 2.24) is 5.32 Å². The highest BCUT2D eigenvalue weighted by Gasteiger charge is 2.09. The first-order chi connectivity index (χ1) is 9.70. The first kappa shape index (κ1) is 14.9. The van der Waals surface area contributed by atoms with Gasteiger partial charge in [-0.3, -0.25) is 0 Å². The van der Waals surface area contributed by atoms with Gasteiger partial charge in [0.1, 0.15) is 12.4 Å². The Kier molecular flexibility index (Phi) is 5.44. The van der Waals surface area contributed by atoms with E-state index in [1.54, 1.807) is 12.3 Å². The standard InChI is InChI=1S/C15H17ClFNO2/c1-2-6-18-8-11-7-12(19-9-11)10-20-14-5-3-4-13(16)15(14)17/h3-5,7,9,18H,2,6,8,10H2,1H3. The van der Waals surface area contributed by atoms with Crippen LogP contribution in [0.1, 0.15) is 24.7 Å². The molecule has 0 amide bonds. The highest BCUT2D eigenvalue weighted by atomic mass is 35.5. The van der Waals surface area contributed by atoms with Crippen LogP contribution in [0.15, 0.2) is 34.9 Å². The van der Waals surface area contributed by atoms with E-state index in [9.17, 15) is 4.39 Å². The Morgan fingerprint density at radius 3 is 3.05 bits per heavy atom. The van der Waals surface area contributed by atoms with Crippen molar-refractivity contribution in [3.8, 4) is 5.75 Å². The summed E-state index contributed by atoms with van der Waals surface area (Å²) < 4.78 is 24.4. The molecule has 2 rings (SSSR count). The van der Waals surface area contributed by atoms with E-state index in [0.29, 0.717) is 5.76 Å². The van der Waals surface area contributed by atoms with Crippen molar-refractivity contribution < 1.29 is 13.5 Å². The van der Waals surface area contributed by atoms with Crippen LogP contribution in [0.5, 0.6) is 5.75 Å². The van der Waals surface area contributed by atoms with E-state index in [1.807, 2.05) is 6.07 Å². The molecule has 20 heavy (non-hydrogen) atoms. The maximum absolute atomic E-state index is 13.6. The third-order valence-electron chi connectivity index (χ3n) is 2.75. The van der Waals surface area contributed by atoms with E-state index in [4.69, 9.17) is 20.8 Å². The van der Waals surface area contributed by atoms with E-state index in [2.05, 4.69) is 12.2 Å². The topological polar surface area (TPSA) is 34.4 Å². The van der Waals surface area contributed by atoms with E-state index >= 15 is 0 Å². The summed E-state index contributed by atoms with van der Waals surface area (Å²) in [6.45, 7) is 4.00. The van der Waals surface area contributed by atoms with Gasteiger partial charge in [-0.2, -0.15) is 0 Å². The molecule has 1 aromatic carbocycles. The van der Waals surface area contributed by atoms with Crippen molar-refractivity contribution in [3.63, 3.8) is 0 Å². The maximum Gasteiger partial charge on any atom is 0.183 e. The maximum atomic E-state index is 13.6. The summed E-state index contributed by atoms with van der Waals surface area (Å²) in [4.78, 5) is 0. The molecule has 1 aromatic heterocycles. The molecular formula is C15H17ClFNO2. The Bertz CT molecular complexity index is 557. The van der Waals surface area contributed by atoms with Gasteiger partial charge in [-0.25, -0.2) is 4.39 Å². The second kappa shape index (κ2) is 7.31. The molecule has 0 saturated heterocycles. The summed E-state index contributed by atoms with van der Waals surface area (Å²) in [6.07, 6.45) is 2.76. The fraction of sp³-hybridized carbons (Fsp3) is 0.333. The smallest absolute Gasteiger partial charge is 0.183 e. The Labute approximate surface area is 122 Å². The van der Waals surface area contributed by atoms with Gasteiger partial charge >= 0.3 is 0 Å². The average Bonchev–Trinajstić information content (AvgIpc) is 2.89. The molecule has 2 aromatic rings. The molecule has 0 unspecified atom stereocenters. The fourth-order valence-corrected chi connectivity index (χ4v) is 1.91. The van der Waals surface area contributed by atoms with E-state index in [-0.39, 0.29) is 17.4 Å². The summed E-state index contributed by atoms with van der Waals surface area (Å²) in [6, 6.07) is 6.55. The molecule has 0 bridgehead atoms. The van der Waals surface area contributed by atoms with Crippen molar-refractivity contribution in [1.29, 1.82) is 0 Å². The zero-order chi connectivity index (χ0) is 14.4. The minimum atomic E-state index is -0.550. The SMILES string of the molecule is CCCNCc1coc(COc2cccc(Cl)c2F)c1. The minimum absolute atomic E-state index is 0.0476. The first-order valence-electron chi connectivity index (χ1n) is 6.54. The quantitative estimate of drug-likeness (QED) is 0.780. The second-order valence-electron chi connectivity index (χ2n) is 4.44. The number of nitrogens with one attached hydrogen (secondary N) is 1. The fourth-order valence-electron chi connectivity index (χ4n) is 1.75. The van der Waals surface area contributed by atoms with Gasteiger partial charge in [0.15, 0.2) is 11.6 Å². The summed E-state index contributed by atoms with van der Waals surface area (Å²) in [7, 11) is 0. The molecule has 0 aliphatic rings. The van der Waals surface area contributed by atoms with Gasteiger partial charge in [0.2, 0.25) is 0 Å². The van der Waals surface area contributed by atoms with Gasteiger partial charge in [0, 0.05) is 12.1 Å². The van der Waals surface area contributed by atoms with Gasteiger partial charge in [-0.15, -0.1) is 0 Å². The number of hydrogen-bond donors (Lipinski definition) is 1. The monoisotopic (exact) mass is 297 g/mol. The normalized spacial score (nSPS) is 10.8. The Morgan fingerprint density at radius 2 is 2.25 bits per heavy atom. The number of halogens is 2. The lowest BCUT2D eigenvalue weighted by Crippen LogP contribution is -2.13. The van der Waals surface area contributed by atoms with Crippen molar-refractivity contribution in [3.05, 3.63) is 52.7 Å². The summed E-state index contributed by atoms with van der Waals surface area (Å²) in [5, 5.41) is 3.32. The van der Waals surface area contributed by atoms with Crippen molar-refractivity contribution in [2.24, 2.45) is 0 Å². The molecule has 0 saturated carbocycles. The molecule has 0 aliphatic carbocycles. The number of furan rings is 1.